The highest BCUT2D eigenvalue weighted by atomic mass is 16.4. The highest BCUT2D eigenvalue weighted by Crippen LogP contribution is 2.33. The quantitative estimate of drug-likeness (QED) is 0.737. The van der Waals surface area contributed by atoms with Gasteiger partial charge in [-0.05, 0) is 37.3 Å². The van der Waals surface area contributed by atoms with Gasteiger partial charge in [-0.3, -0.25) is 9.69 Å². The van der Waals surface area contributed by atoms with E-state index in [0.717, 1.165) is 31.8 Å². The standard InChI is InChI=1S/C11H21NO2/c1-11(2,3)9-4-6-12(7-5-9)8-10(13)14/h9H,4-8H2,1-3H3,(H,13,14). The average Bonchev–Trinajstić information content (AvgIpc) is 2.02. The van der Waals surface area contributed by atoms with Crippen LogP contribution in [0.5, 0.6) is 0 Å². The van der Waals surface area contributed by atoms with Gasteiger partial charge in [-0.15, -0.1) is 0 Å². The lowest BCUT2D eigenvalue weighted by Gasteiger charge is -2.38. The minimum Gasteiger partial charge on any atom is -0.480 e. The topological polar surface area (TPSA) is 40.5 Å². The molecule has 0 spiro atoms. The maximum absolute atomic E-state index is 10.5. The van der Waals surface area contributed by atoms with Crippen molar-refractivity contribution in [1.82, 2.24) is 4.90 Å². The first-order chi connectivity index (χ1) is 6.39. The molecule has 0 radical (unpaired) electrons. The molecule has 0 amide bonds. The molecule has 14 heavy (non-hydrogen) atoms. The molecule has 0 atom stereocenters. The van der Waals surface area contributed by atoms with Crippen LogP contribution in [0.4, 0.5) is 0 Å². The van der Waals surface area contributed by atoms with E-state index in [2.05, 4.69) is 20.8 Å². The summed E-state index contributed by atoms with van der Waals surface area (Å²) in [5.74, 6) is 0.0340. The zero-order valence-electron chi connectivity index (χ0n) is 9.42. The molecule has 1 saturated heterocycles. The second-order valence-corrected chi connectivity index (χ2v) is 5.31. The van der Waals surface area contributed by atoms with Crippen molar-refractivity contribution in [3.8, 4) is 0 Å². The Hall–Kier alpha value is -0.570. The monoisotopic (exact) mass is 199 g/mol. The number of likely N-dealkylation sites (tertiary alicyclic amines) is 1. The molecule has 0 saturated carbocycles. The SMILES string of the molecule is CC(C)(C)C1CCN(CC(=O)O)CC1. The van der Waals surface area contributed by atoms with E-state index in [1.807, 2.05) is 4.90 Å². The van der Waals surface area contributed by atoms with Gasteiger partial charge in [0.05, 0.1) is 6.54 Å². The van der Waals surface area contributed by atoms with E-state index >= 15 is 0 Å². The van der Waals surface area contributed by atoms with E-state index in [1.54, 1.807) is 0 Å². The second kappa shape index (κ2) is 4.30. The lowest BCUT2D eigenvalue weighted by Crippen LogP contribution is -2.40. The van der Waals surface area contributed by atoms with Crippen LogP contribution in [0, 0.1) is 11.3 Å². The number of nitrogens with zero attached hydrogens (tertiary/aromatic N) is 1. The lowest BCUT2D eigenvalue weighted by atomic mass is 9.75. The predicted molar refractivity (Wildman–Crippen MR) is 56.3 cm³/mol. The fraction of sp³-hybridized carbons (Fsp3) is 0.909. The van der Waals surface area contributed by atoms with Crippen LogP contribution in [-0.2, 0) is 4.79 Å². The van der Waals surface area contributed by atoms with Gasteiger partial charge in [0, 0.05) is 0 Å². The van der Waals surface area contributed by atoms with Gasteiger partial charge in [0.1, 0.15) is 0 Å². The number of carboxylic acids is 1. The van der Waals surface area contributed by atoms with E-state index in [1.165, 1.54) is 0 Å². The van der Waals surface area contributed by atoms with Crippen LogP contribution in [-0.4, -0.2) is 35.6 Å². The van der Waals surface area contributed by atoms with Crippen LogP contribution in [0.1, 0.15) is 33.6 Å². The average molecular weight is 199 g/mol. The molecule has 1 fully saturated rings. The van der Waals surface area contributed by atoms with Crippen LogP contribution < -0.4 is 0 Å². The molecule has 1 rings (SSSR count). The molecule has 0 aliphatic carbocycles. The van der Waals surface area contributed by atoms with Gasteiger partial charge in [-0.1, -0.05) is 20.8 Å². The smallest absolute Gasteiger partial charge is 0.317 e. The highest BCUT2D eigenvalue weighted by Gasteiger charge is 2.28. The molecule has 1 N–H and O–H groups in total. The summed E-state index contributed by atoms with van der Waals surface area (Å²) in [6.45, 7) is 8.89. The summed E-state index contributed by atoms with van der Waals surface area (Å²) >= 11 is 0. The predicted octanol–water partition coefficient (Wildman–Crippen LogP) is 1.83. The number of aliphatic carboxylic acids is 1. The molecular formula is C11H21NO2. The summed E-state index contributed by atoms with van der Waals surface area (Å²) in [6, 6.07) is 0. The van der Waals surface area contributed by atoms with Gasteiger partial charge in [0.25, 0.3) is 0 Å². The first-order valence-corrected chi connectivity index (χ1v) is 5.34. The zero-order valence-corrected chi connectivity index (χ0v) is 9.42. The van der Waals surface area contributed by atoms with Gasteiger partial charge >= 0.3 is 5.97 Å². The number of hydrogen-bond donors (Lipinski definition) is 1. The molecule has 1 aliphatic heterocycles. The fourth-order valence-electron chi connectivity index (χ4n) is 2.15. The Balaban J connectivity index is 2.35. The van der Waals surface area contributed by atoms with E-state index < -0.39 is 5.97 Å². The number of rotatable bonds is 2. The number of carbonyl (C=O) groups is 1. The van der Waals surface area contributed by atoms with Crippen molar-refractivity contribution >= 4 is 5.97 Å². The van der Waals surface area contributed by atoms with Gasteiger partial charge in [0.2, 0.25) is 0 Å². The first-order valence-electron chi connectivity index (χ1n) is 5.34. The van der Waals surface area contributed by atoms with E-state index in [-0.39, 0.29) is 6.54 Å². The minimum absolute atomic E-state index is 0.205. The van der Waals surface area contributed by atoms with Crippen molar-refractivity contribution in [3.63, 3.8) is 0 Å². The van der Waals surface area contributed by atoms with Gasteiger partial charge in [-0.2, -0.15) is 0 Å². The molecule has 1 aliphatic rings. The summed E-state index contributed by atoms with van der Waals surface area (Å²) < 4.78 is 0. The number of hydrogen-bond acceptors (Lipinski definition) is 2. The van der Waals surface area contributed by atoms with Crippen LogP contribution in [0.3, 0.4) is 0 Å². The van der Waals surface area contributed by atoms with E-state index in [9.17, 15) is 4.79 Å². The molecule has 0 aromatic carbocycles. The van der Waals surface area contributed by atoms with Crippen LogP contribution in [0.2, 0.25) is 0 Å². The third-order valence-electron chi connectivity index (χ3n) is 3.17. The normalized spacial score (nSPS) is 21.1. The molecule has 0 bridgehead atoms. The molecule has 3 heteroatoms. The number of piperidine rings is 1. The summed E-state index contributed by atoms with van der Waals surface area (Å²) in [6.07, 6.45) is 2.27. The van der Waals surface area contributed by atoms with E-state index in [4.69, 9.17) is 5.11 Å². The summed E-state index contributed by atoms with van der Waals surface area (Å²) in [5.41, 5.74) is 0.370. The second-order valence-electron chi connectivity index (χ2n) is 5.31. The maximum atomic E-state index is 10.5. The highest BCUT2D eigenvalue weighted by molar-refractivity contribution is 5.69. The maximum Gasteiger partial charge on any atom is 0.317 e. The number of carboxylic acid groups (broad SMARTS) is 1. The third kappa shape index (κ3) is 3.29. The fourth-order valence-corrected chi connectivity index (χ4v) is 2.15. The van der Waals surface area contributed by atoms with Gasteiger partial charge in [-0.25, -0.2) is 0 Å². The van der Waals surface area contributed by atoms with Crippen LogP contribution in [0.25, 0.3) is 0 Å². The van der Waals surface area contributed by atoms with Crippen LogP contribution in [0.15, 0.2) is 0 Å². The van der Waals surface area contributed by atoms with E-state index in [0.29, 0.717) is 5.41 Å². The molecule has 82 valence electrons. The minimum atomic E-state index is -0.709. The molecule has 1 heterocycles. The Morgan fingerprint density at radius 3 is 2.21 bits per heavy atom. The Morgan fingerprint density at radius 2 is 1.86 bits per heavy atom. The summed E-state index contributed by atoms with van der Waals surface area (Å²) in [4.78, 5) is 12.5. The lowest BCUT2D eigenvalue weighted by molar-refractivity contribution is -0.138. The van der Waals surface area contributed by atoms with Crippen molar-refractivity contribution in [2.45, 2.75) is 33.6 Å². The largest absolute Gasteiger partial charge is 0.480 e. The summed E-state index contributed by atoms with van der Waals surface area (Å²) in [5, 5.41) is 8.65. The Bertz CT molecular complexity index is 200. The first kappa shape index (κ1) is 11.5. The molecule has 0 aromatic rings. The Labute approximate surface area is 86.1 Å². The molecular weight excluding hydrogens is 178 g/mol. The van der Waals surface area contributed by atoms with Crippen molar-refractivity contribution in [3.05, 3.63) is 0 Å². The van der Waals surface area contributed by atoms with Crippen molar-refractivity contribution in [2.75, 3.05) is 19.6 Å². The van der Waals surface area contributed by atoms with Crippen LogP contribution >= 0.6 is 0 Å². The summed E-state index contributed by atoms with van der Waals surface area (Å²) in [7, 11) is 0. The van der Waals surface area contributed by atoms with Gasteiger partial charge < -0.3 is 5.11 Å². The third-order valence-corrected chi connectivity index (χ3v) is 3.17. The zero-order chi connectivity index (χ0) is 10.8. The molecule has 3 nitrogen and oxygen atoms in total. The van der Waals surface area contributed by atoms with Crippen molar-refractivity contribution in [2.24, 2.45) is 11.3 Å². The van der Waals surface area contributed by atoms with Gasteiger partial charge in [0.15, 0.2) is 0 Å². The van der Waals surface area contributed by atoms with Crippen molar-refractivity contribution in [1.29, 1.82) is 0 Å². The van der Waals surface area contributed by atoms with Crippen molar-refractivity contribution < 1.29 is 9.90 Å². The molecule has 0 aromatic heterocycles. The molecule has 0 unspecified atom stereocenters. The Morgan fingerprint density at radius 1 is 1.36 bits per heavy atom. The Kier molecular flexibility index (Phi) is 3.53.